The van der Waals surface area contributed by atoms with Crippen molar-refractivity contribution in [3.63, 3.8) is 0 Å². The lowest BCUT2D eigenvalue weighted by Gasteiger charge is -2.60. The first kappa shape index (κ1) is 20.9. The first-order chi connectivity index (χ1) is 15.1. The summed E-state index contributed by atoms with van der Waals surface area (Å²) in [4.78, 5) is 27.6. The molecule has 4 fully saturated rings. The number of benzene rings is 1. The first-order valence-corrected chi connectivity index (χ1v) is 10.3. The van der Waals surface area contributed by atoms with Crippen molar-refractivity contribution in [2.45, 2.75) is 30.7 Å². The van der Waals surface area contributed by atoms with E-state index < -0.39 is 22.8 Å². The molecule has 1 aromatic rings. The molecule has 32 heavy (non-hydrogen) atoms. The highest BCUT2D eigenvalue weighted by molar-refractivity contribution is 5.81. The van der Waals surface area contributed by atoms with Crippen LogP contribution in [0, 0.1) is 16.7 Å². The van der Waals surface area contributed by atoms with Gasteiger partial charge >= 0.3 is 12.2 Å². The lowest BCUT2D eigenvalue weighted by molar-refractivity contribution is -0.143. The molecule has 5 rings (SSSR count). The lowest BCUT2D eigenvalue weighted by Crippen LogP contribution is -2.78. The van der Waals surface area contributed by atoms with Crippen LogP contribution in [0.15, 0.2) is 18.2 Å². The predicted molar refractivity (Wildman–Crippen MR) is 102 cm³/mol. The molecule has 0 atom stereocenters. The molecule has 1 N–H and O–H groups in total. The van der Waals surface area contributed by atoms with Crippen molar-refractivity contribution in [3.8, 4) is 11.8 Å². The minimum Gasteiger partial charge on any atom is -0.490 e. The fourth-order valence-corrected chi connectivity index (χ4v) is 5.16. The van der Waals surface area contributed by atoms with Gasteiger partial charge in [0.25, 0.3) is 0 Å². The van der Waals surface area contributed by atoms with E-state index in [-0.39, 0.29) is 35.8 Å². The van der Waals surface area contributed by atoms with Gasteiger partial charge in [0.2, 0.25) is 5.91 Å². The first-order valence-electron chi connectivity index (χ1n) is 10.3. The number of nitrogens with zero attached hydrogens (tertiary/aromatic N) is 3. The van der Waals surface area contributed by atoms with E-state index in [0.29, 0.717) is 45.6 Å². The van der Waals surface area contributed by atoms with Gasteiger partial charge in [0.1, 0.15) is 18.5 Å². The van der Waals surface area contributed by atoms with Crippen LogP contribution in [0.4, 0.5) is 18.0 Å². The van der Waals surface area contributed by atoms with Crippen LogP contribution in [0.2, 0.25) is 0 Å². The van der Waals surface area contributed by atoms with Crippen molar-refractivity contribution in [3.05, 3.63) is 29.3 Å². The highest BCUT2D eigenvalue weighted by Gasteiger charge is 2.57. The van der Waals surface area contributed by atoms with Gasteiger partial charge < -0.3 is 24.6 Å². The number of nitrogens with one attached hydrogen (secondary N) is 1. The second-order valence-corrected chi connectivity index (χ2v) is 9.28. The smallest absolute Gasteiger partial charge is 0.417 e. The van der Waals surface area contributed by atoms with Gasteiger partial charge in [0, 0.05) is 31.6 Å². The molecule has 3 amide bonds. The number of hydrogen-bond acceptors (Lipinski definition) is 5. The van der Waals surface area contributed by atoms with Gasteiger partial charge in [-0.05, 0) is 31.0 Å². The zero-order valence-electron chi connectivity index (χ0n) is 17.1. The number of nitriles is 1. The summed E-state index contributed by atoms with van der Waals surface area (Å²) < 4.78 is 50.3. The molecule has 11 heteroatoms. The third kappa shape index (κ3) is 3.52. The summed E-state index contributed by atoms with van der Waals surface area (Å²) in [5.41, 5.74) is -1.96. The quantitative estimate of drug-likeness (QED) is 0.741. The molecule has 1 saturated carbocycles. The fourth-order valence-electron chi connectivity index (χ4n) is 5.16. The zero-order chi connectivity index (χ0) is 22.7. The summed E-state index contributed by atoms with van der Waals surface area (Å²) in [6.45, 7) is 2.46. The van der Waals surface area contributed by atoms with Crippen LogP contribution in [0.1, 0.15) is 24.0 Å². The topological polar surface area (TPSA) is 94.9 Å². The second kappa shape index (κ2) is 7.00. The third-order valence-electron chi connectivity index (χ3n) is 6.64. The number of urea groups is 1. The molecule has 1 aromatic carbocycles. The molecular weight excluding hydrogens is 429 g/mol. The maximum absolute atomic E-state index is 13.1. The Hall–Kier alpha value is -3.00. The number of ether oxygens (including phenoxy) is 2. The van der Waals surface area contributed by atoms with Crippen LogP contribution in [-0.4, -0.2) is 72.8 Å². The van der Waals surface area contributed by atoms with Crippen molar-refractivity contribution in [1.82, 2.24) is 15.1 Å². The Labute approximate surface area is 181 Å². The Bertz CT molecular complexity index is 1000. The standard InChI is InChI=1S/C21H21F3N4O4/c22-21(23,24)16-3-14(2-1-13(16)6-25)32-15-4-19(5-15)8-27(9-19)18(30)28-10-20(11-28)12-31-7-17(29)26-20/h1-3,15H,4-5,7-12H2,(H,26,29). The summed E-state index contributed by atoms with van der Waals surface area (Å²) in [5, 5.41) is 11.8. The maximum atomic E-state index is 13.1. The van der Waals surface area contributed by atoms with Gasteiger partial charge in [-0.15, -0.1) is 0 Å². The van der Waals surface area contributed by atoms with Crippen LogP contribution >= 0.6 is 0 Å². The Morgan fingerprint density at radius 3 is 2.53 bits per heavy atom. The Morgan fingerprint density at radius 1 is 1.22 bits per heavy atom. The molecule has 3 aliphatic heterocycles. The zero-order valence-corrected chi connectivity index (χ0v) is 17.1. The van der Waals surface area contributed by atoms with Gasteiger partial charge in [-0.25, -0.2) is 4.79 Å². The van der Waals surface area contributed by atoms with Crippen LogP contribution < -0.4 is 10.1 Å². The second-order valence-electron chi connectivity index (χ2n) is 9.28. The molecular formula is C21H21F3N4O4. The van der Waals surface area contributed by atoms with Gasteiger partial charge in [0.15, 0.2) is 0 Å². The van der Waals surface area contributed by atoms with Crippen molar-refractivity contribution < 1.29 is 32.2 Å². The fraction of sp³-hybridized carbons (Fsp3) is 0.571. The number of carbonyl (C=O) groups is 2. The normalized spacial score (nSPS) is 23.6. The molecule has 0 bridgehead atoms. The average molecular weight is 450 g/mol. The van der Waals surface area contributed by atoms with Gasteiger partial charge in [-0.2, -0.15) is 18.4 Å². The van der Waals surface area contributed by atoms with Crippen molar-refractivity contribution in [2.75, 3.05) is 39.4 Å². The van der Waals surface area contributed by atoms with E-state index in [4.69, 9.17) is 14.7 Å². The van der Waals surface area contributed by atoms with E-state index in [9.17, 15) is 22.8 Å². The maximum Gasteiger partial charge on any atom is 0.417 e. The predicted octanol–water partition coefficient (Wildman–Crippen LogP) is 1.74. The minimum absolute atomic E-state index is 0.0492. The van der Waals surface area contributed by atoms with Gasteiger partial charge in [-0.3, -0.25) is 4.79 Å². The molecule has 4 aliphatic rings. The molecule has 2 spiro atoms. The summed E-state index contributed by atoms with van der Waals surface area (Å²) in [6.07, 6.45) is -3.52. The number of alkyl halides is 3. The molecule has 1 aliphatic carbocycles. The average Bonchev–Trinajstić information content (AvgIpc) is 2.65. The number of halogens is 3. The number of carbonyl (C=O) groups excluding carboxylic acids is 2. The van der Waals surface area contributed by atoms with E-state index in [2.05, 4.69) is 5.32 Å². The molecule has 0 radical (unpaired) electrons. The van der Waals surface area contributed by atoms with E-state index in [1.165, 1.54) is 6.07 Å². The SMILES string of the molecule is N#Cc1ccc(OC2CC3(C2)CN(C(=O)N2CC4(COCC(=O)N4)C2)C3)cc1C(F)(F)F. The van der Waals surface area contributed by atoms with Crippen LogP contribution in [-0.2, 0) is 15.7 Å². The minimum atomic E-state index is -4.62. The van der Waals surface area contributed by atoms with Crippen LogP contribution in [0.25, 0.3) is 0 Å². The number of hydrogen-bond donors (Lipinski definition) is 1. The van der Waals surface area contributed by atoms with Gasteiger partial charge in [0.05, 0.1) is 29.3 Å². The summed E-state index contributed by atoms with van der Waals surface area (Å²) in [7, 11) is 0. The number of amides is 3. The molecule has 3 saturated heterocycles. The lowest BCUT2D eigenvalue weighted by atomic mass is 9.62. The number of rotatable bonds is 2. The highest BCUT2D eigenvalue weighted by Crippen LogP contribution is 2.50. The largest absolute Gasteiger partial charge is 0.490 e. The molecule has 0 unspecified atom stereocenters. The Kier molecular flexibility index (Phi) is 4.57. The highest BCUT2D eigenvalue weighted by atomic mass is 19.4. The van der Waals surface area contributed by atoms with E-state index in [1.54, 1.807) is 15.9 Å². The van der Waals surface area contributed by atoms with E-state index in [1.807, 2.05) is 0 Å². The molecule has 170 valence electrons. The Balaban J connectivity index is 1.10. The number of morpholine rings is 1. The van der Waals surface area contributed by atoms with Crippen molar-refractivity contribution in [2.24, 2.45) is 5.41 Å². The summed E-state index contributed by atoms with van der Waals surface area (Å²) in [6, 6.07) is 4.84. The van der Waals surface area contributed by atoms with Crippen molar-refractivity contribution >= 4 is 11.9 Å². The summed E-state index contributed by atoms with van der Waals surface area (Å²) >= 11 is 0. The molecule has 8 nitrogen and oxygen atoms in total. The van der Waals surface area contributed by atoms with E-state index in [0.717, 1.165) is 12.1 Å². The number of likely N-dealkylation sites (tertiary alicyclic amines) is 2. The monoisotopic (exact) mass is 450 g/mol. The molecule has 3 heterocycles. The van der Waals surface area contributed by atoms with E-state index >= 15 is 0 Å². The van der Waals surface area contributed by atoms with Crippen LogP contribution in [0.3, 0.4) is 0 Å². The Morgan fingerprint density at radius 2 is 1.91 bits per heavy atom. The summed E-state index contributed by atoms with van der Waals surface area (Å²) in [5.74, 6) is -0.0811. The molecule has 0 aromatic heterocycles. The van der Waals surface area contributed by atoms with Crippen molar-refractivity contribution in [1.29, 1.82) is 5.26 Å². The van der Waals surface area contributed by atoms with Crippen LogP contribution in [0.5, 0.6) is 5.75 Å². The van der Waals surface area contributed by atoms with Gasteiger partial charge in [-0.1, -0.05) is 0 Å². The third-order valence-corrected chi connectivity index (χ3v) is 6.64.